The maximum Gasteiger partial charge on any atom is 0.229 e. The van der Waals surface area contributed by atoms with Gasteiger partial charge in [0, 0.05) is 30.0 Å². The van der Waals surface area contributed by atoms with Crippen LogP contribution >= 0.6 is 11.6 Å². The molecule has 110 valence electrons. The average Bonchev–Trinajstić information content (AvgIpc) is 2.47. The SMILES string of the molecule is CC1CCCN(c2ccnc(Nc3cccc(Cl)c3)n2)C1. The van der Waals surface area contributed by atoms with Gasteiger partial charge in [-0.15, -0.1) is 0 Å². The standard InChI is InChI=1S/C16H19ClN4/c1-12-4-3-9-21(11-12)15-7-8-18-16(20-15)19-14-6-2-5-13(17)10-14/h2,5-8,10,12H,3-4,9,11H2,1H3,(H,18,19,20). The highest BCUT2D eigenvalue weighted by Gasteiger charge is 2.17. The van der Waals surface area contributed by atoms with Gasteiger partial charge < -0.3 is 10.2 Å². The number of aromatic nitrogens is 2. The fourth-order valence-electron chi connectivity index (χ4n) is 2.68. The number of hydrogen-bond donors (Lipinski definition) is 1. The predicted molar refractivity (Wildman–Crippen MR) is 87.4 cm³/mol. The number of anilines is 3. The molecule has 0 amide bonds. The van der Waals surface area contributed by atoms with Crippen molar-refractivity contribution >= 4 is 29.1 Å². The van der Waals surface area contributed by atoms with Crippen molar-refractivity contribution in [1.29, 1.82) is 0 Å². The third-order valence-corrected chi connectivity index (χ3v) is 3.94. The van der Waals surface area contributed by atoms with E-state index in [0.717, 1.165) is 30.5 Å². The summed E-state index contributed by atoms with van der Waals surface area (Å²) in [7, 11) is 0. The van der Waals surface area contributed by atoms with E-state index in [9.17, 15) is 0 Å². The summed E-state index contributed by atoms with van der Waals surface area (Å²) in [6, 6.07) is 9.53. The Labute approximate surface area is 130 Å². The van der Waals surface area contributed by atoms with Crippen molar-refractivity contribution in [3.63, 3.8) is 0 Å². The molecule has 1 aliphatic heterocycles. The van der Waals surface area contributed by atoms with Gasteiger partial charge >= 0.3 is 0 Å². The molecule has 0 aliphatic carbocycles. The second-order valence-electron chi connectivity index (χ2n) is 5.57. The number of nitrogens with one attached hydrogen (secondary N) is 1. The first-order valence-electron chi connectivity index (χ1n) is 7.31. The van der Waals surface area contributed by atoms with Gasteiger partial charge in [0.2, 0.25) is 5.95 Å². The van der Waals surface area contributed by atoms with Crippen molar-refractivity contribution in [3.8, 4) is 0 Å². The Bertz CT molecular complexity index is 617. The fraction of sp³-hybridized carbons (Fsp3) is 0.375. The minimum absolute atomic E-state index is 0.605. The van der Waals surface area contributed by atoms with Gasteiger partial charge in [0.05, 0.1) is 0 Å². The average molecular weight is 303 g/mol. The summed E-state index contributed by atoms with van der Waals surface area (Å²) in [5.41, 5.74) is 0.895. The lowest BCUT2D eigenvalue weighted by molar-refractivity contribution is 0.444. The van der Waals surface area contributed by atoms with Crippen LogP contribution in [0.25, 0.3) is 0 Å². The zero-order valence-electron chi connectivity index (χ0n) is 12.1. The molecule has 5 heteroatoms. The number of benzene rings is 1. The van der Waals surface area contributed by atoms with Crippen LogP contribution in [-0.4, -0.2) is 23.1 Å². The number of piperidine rings is 1. The molecular formula is C16H19ClN4. The molecule has 1 aromatic heterocycles. The van der Waals surface area contributed by atoms with Gasteiger partial charge in [-0.05, 0) is 43.0 Å². The summed E-state index contributed by atoms with van der Waals surface area (Å²) in [6.45, 7) is 4.42. The minimum atomic E-state index is 0.605. The van der Waals surface area contributed by atoms with Crippen LogP contribution in [-0.2, 0) is 0 Å². The summed E-state index contributed by atoms with van der Waals surface area (Å²) < 4.78 is 0. The summed E-state index contributed by atoms with van der Waals surface area (Å²) >= 11 is 5.99. The van der Waals surface area contributed by atoms with Crippen molar-refractivity contribution in [2.24, 2.45) is 5.92 Å². The van der Waals surface area contributed by atoms with E-state index in [1.165, 1.54) is 12.8 Å². The Morgan fingerprint density at radius 2 is 2.24 bits per heavy atom. The largest absolute Gasteiger partial charge is 0.356 e. The molecule has 2 heterocycles. The molecular weight excluding hydrogens is 284 g/mol. The summed E-state index contributed by atoms with van der Waals surface area (Å²) in [4.78, 5) is 11.2. The molecule has 0 bridgehead atoms. The highest BCUT2D eigenvalue weighted by Crippen LogP contribution is 2.23. The van der Waals surface area contributed by atoms with Crippen LogP contribution < -0.4 is 10.2 Å². The van der Waals surface area contributed by atoms with E-state index in [0.29, 0.717) is 11.0 Å². The Kier molecular flexibility index (Phi) is 4.25. The minimum Gasteiger partial charge on any atom is -0.356 e. The zero-order chi connectivity index (χ0) is 14.7. The Morgan fingerprint density at radius 1 is 1.33 bits per heavy atom. The van der Waals surface area contributed by atoms with Crippen LogP contribution in [0.15, 0.2) is 36.5 Å². The van der Waals surface area contributed by atoms with Gasteiger partial charge in [-0.3, -0.25) is 0 Å². The van der Waals surface area contributed by atoms with Crippen molar-refractivity contribution in [2.45, 2.75) is 19.8 Å². The quantitative estimate of drug-likeness (QED) is 0.926. The molecule has 1 N–H and O–H groups in total. The number of nitrogens with zero attached hydrogens (tertiary/aromatic N) is 3. The molecule has 1 aliphatic rings. The van der Waals surface area contributed by atoms with Gasteiger partial charge in [-0.25, -0.2) is 4.98 Å². The molecule has 4 nitrogen and oxygen atoms in total. The van der Waals surface area contributed by atoms with Gasteiger partial charge in [0.25, 0.3) is 0 Å². The first-order valence-corrected chi connectivity index (χ1v) is 7.69. The first-order chi connectivity index (χ1) is 10.2. The van der Waals surface area contributed by atoms with Crippen molar-refractivity contribution in [2.75, 3.05) is 23.3 Å². The van der Waals surface area contributed by atoms with Crippen molar-refractivity contribution < 1.29 is 0 Å². The summed E-state index contributed by atoms with van der Waals surface area (Å²) in [5.74, 6) is 2.31. The van der Waals surface area contributed by atoms with Gasteiger partial charge in [-0.2, -0.15) is 4.98 Å². The Hall–Kier alpha value is -1.81. The lowest BCUT2D eigenvalue weighted by atomic mass is 10.0. The van der Waals surface area contributed by atoms with Crippen LogP contribution in [0, 0.1) is 5.92 Å². The normalized spacial score (nSPS) is 18.6. The maximum atomic E-state index is 5.99. The van der Waals surface area contributed by atoms with Crippen molar-refractivity contribution in [1.82, 2.24) is 9.97 Å². The van der Waals surface area contributed by atoms with E-state index < -0.39 is 0 Å². The predicted octanol–water partition coefficient (Wildman–Crippen LogP) is 4.11. The smallest absolute Gasteiger partial charge is 0.229 e. The third-order valence-electron chi connectivity index (χ3n) is 3.70. The van der Waals surface area contributed by atoms with Gasteiger partial charge in [-0.1, -0.05) is 24.6 Å². The molecule has 0 saturated carbocycles. The van der Waals surface area contributed by atoms with E-state index in [1.54, 1.807) is 6.20 Å². The third kappa shape index (κ3) is 3.64. The highest BCUT2D eigenvalue weighted by molar-refractivity contribution is 6.30. The molecule has 1 fully saturated rings. The topological polar surface area (TPSA) is 41.1 Å². The second kappa shape index (κ2) is 6.31. The van der Waals surface area contributed by atoms with Crippen LogP contribution in [0.4, 0.5) is 17.5 Å². The van der Waals surface area contributed by atoms with Crippen LogP contribution in [0.2, 0.25) is 5.02 Å². The molecule has 3 rings (SSSR count). The molecule has 0 radical (unpaired) electrons. The summed E-state index contributed by atoms with van der Waals surface area (Å²) in [6.07, 6.45) is 4.33. The lowest BCUT2D eigenvalue weighted by Crippen LogP contribution is -2.34. The van der Waals surface area contributed by atoms with E-state index in [2.05, 4.69) is 27.1 Å². The fourth-order valence-corrected chi connectivity index (χ4v) is 2.87. The molecule has 21 heavy (non-hydrogen) atoms. The van der Waals surface area contributed by atoms with E-state index in [-0.39, 0.29) is 0 Å². The van der Waals surface area contributed by atoms with Gasteiger partial charge in [0.15, 0.2) is 0 Å². The molecule has 2 aromatic rings. The van der Waals surface area contributed by atoms with Crippen molar-refractivity contribution in [3.05, 3.63) is 41.6 Å². The highest BCUT2D eigenvalue weighted by atomic mass is 35.5. The Balaban J connectivity index is 1.76. The maximum absolute atomic E-state index is 5.99. The number of hydrogen-bond acceptors (Lipinski definition) is 4. The molecule has 1 saturated heterocycles. The monoisotopic (exact) mass is 302 g/mol. The summed E-state index contributed by atoms with van der Waals surface area (Å²) in [5, 5.41) is 3.90. The molecule has 1 aromatic carbocycles. The van der Waals surface area contributed by atoms with E-state index in [4.69, 9.17) is 11.6 Å². The van der Waals surface area contributed by atoms with Crippen LogP contribution in [0.5, 0.6) is 0 Å². The zero-order valence-corrected chi connectivity index (χ0v) is 12.8. The molecule has 1 atom stereocenters. The van der Waals surface area contributed by atoms with Crippen LogP contribution in [0.3, 0.4) is 0 Å². The lowest BCUT2D eigenvalue weighted by Gasteiger charge is -2.31. The number of halogens is 1. The number of rotatable bonds is 3. The van der Waals surface area contributed by atoms with E-state index >= 15 is 0 Å². The second-order valence-corrected chi connectivity index (χ2v) is 6.00. The van der Waals surface area contributed by atoms with Crippen LogP contribution in [0.1, 0.15) is 19.8 Å². The molecule has 1 unspecified atom stereocenters. The van der Waals surface area contributed by atoms with Gasteiger partial charge in [0.1, 0.15) is 5.82 Å². The molecule has 0 spiro atoms. The van der Waals surface area contributed by atoms with E-state index in [1.807, 2.05) is 30.3 Å². The Morgan fingerprint density at radius 3 is 3.05 bits per heavy atom. The first kappa shape index (κ1) is 14.1.